The number of benzene rings is 1. The van der Waals surface area contributed by atoms with Gasteiger partial charge in [0.05, 0.1) is 0 Å². The number of hydrogen-bond acceptors (Lipinski definition) is 3. The van der Waals surface area contributed by atoms with Gasteiger partial charge in [-0.25, -0.2) is 0 Å². The number of carboxylic acids is 1. The van der Waals surface area contributed by atoms with Gasteiger partial charge in [-0.3, -0.25) is 4.79 Å². The van der Waals surface area contributed by atoms with E-state index in [1.807, 2.05) is 18.2 Å². The van der Waals surface area contributed by atoms with Crippen molar-refractivity contribution in [2.45, 2.75) is 18.2 Å². The molecule has 3 N–H and O–H groups in total. The molecule has 3 nitrogen and oxygen atoms in total. The first-order chi connectivity index (χ1) is 8.00. The Hall–Kier alpha value is -0.230. The first-order valence-electron chi connectivity index (χ1n) is 5.00. The molecule has 0 aliphatic carbocycles. The quantitative estimate of drug-likeness (QED) is 0.782. The van der Waals surface area contributed by atoms with Crippen LogP contribution in [-0.2, 0) is 10.5 Å². The lowest BCUT2D eigenvalue weighted by Gasteiger charge is -2.07. The lowest BCUT2D eigenvalue weighted by atomic mass is 10.2. The molecule has 0 aromatic heterocycles. The van der Waals surface area contributed by atoms with E-state index >= 15 is 0 Å². The predicted molar refractivity (Wildman–Crippen MR) is 75.5 cm³/mol. The van der Waals surface area contributed by atoms with Crippen LogP contribution in [0.3, 0.4) is 0 Å². The number of nitrogens with two attached hydrogens (primary N) is 1. The zero-order chi connectivity index (χ0) is 12.8. The van der Waals surface area contributed by atoms with Gasteiger partial charge in [-0.15, -0.1) is 0 Å². The second-order valence-corrected chi connectivity index (χ2v) is 5.95. The summed E-state index contributed by atoms with van der Waals surface area (Å²) in [6, 6.07) is 4.96. The van der Waals surface area contributed by atoms with Gasteiger partial charge in [0.2, 0.25) is 0 Å². The monoisotopic (exact) mass is 337 g/mol. The van der Waals surface area contributed by atoms with Crippen LogP contribution in [-0.4, -0.2) is 22.9 Å². The maximum atomic E-state index is 10.5. The van der Waals surface area contributed by atoms with Crippen LogP contribution in [0.2, 0.25) is 5.02 Å². The van der Waals surface area contributed by atoms with Crippen LogP contribution in [0.4, 0.5) is 0 Å². The van der Waals surface area contributed by atoms with E-state index in [1.165, 1.54) is 0 Å². The van der Waals surface area contributed by atoms with Gasteiger partial charge in [0.15, 0.2) is 0 Å². The van der Waals surface area contributed by atoms with Crippen LogP contribution in [0.5, 0.6) is 0 Å². The van der Waals surface area contributed by atoms with Crippen LogP contribution in [0.15, 0.2) is 22.7 Å². The highest BCUT2D eigenvalue weighted by Crippen LogP contribution is 2.25. The molecule has 0 radical (unpaired) electrons. The third-order valence-corrected chi connectivity index (χ3v) is 4.05. The highest BCUT2D eigenvalue weighted by molar-refractivity contribution is 9.10. The molecule has 1 atom stereocenters. The molecular weight excluding hydrogens is 326 g/mol. The third kappa shape index (κ3) is 5.29. The van der Waals surface area contributed by atoms with E-state index in [9.17, 15) is 4.79 Å². The van der Waals surface area contributed by atoms with E-state index in [2.05, 4.69) is 15.9 Å². The summed E-state index contributed by atoms with van der Waals surface area (Å²) in [6.07, 6.45) is 0.466. The van der Waals surface area contributed by atoms with Crippen LogP contribution in [0.25, 0.3) is 0 Å². The van der Waals surface area contributed by atoms with E-state index in [1.54, 1.807) is 11.8 Å². The number of aliphatic carboxylic acids is 1. The van der Waals surface area contributed by atoms with E-state index in [-0.39, 0.29) is 0 Å². The van der Waals surface area contributed by atoms with Gasteiger partial charge in [-0.05, 0) is 29.9 Å². The van der Waals surface area contributed by atoms with Gasteiger partial charge >= 0.3 is 5.97 Å². The molecule has 0 heterocycles. The van der Waals surface area contributed by atoms with Gasteiger partial charge in [0.25, 0.3) is 0 Å². The highest BCUT2D eigenvalue weighted by Gasteiger charge is 2.10. The molecule has 0 saturated carbocycles. The van der Waals surface area contributed by atoms with Crippen molar-refractivity contribution < 1.29 is 9.90 Å². The van der Waals surface area contributed by atoms with Crippen LogP contribution in [0, 0.1) is 0 Å². The van der Waals surface area contributed by atoms with Gasteiger partial charge < -0.3 is 10.8 Å². The average molecular weight is 339 g/mol. The van der Waals surface area contributed by atoms with E-state index in [4.69, 9.17) is 22.4 Å². The molecule has 0 spiro atoms. The Bertz CT molecular complexity index is 403. The molecule has 0 saturated heterocycles. The molecular formula is C11H13BrClNO2S. The Kier molecular flexibility index (Phi) is 6.33. The fourth-order valence-corrected chi connectivity index (χ4v) is 3.01. The van der Waals surface area contributed by atoms with Gasteiger partial charge in [0, 0.05) is 15.2 Å². The van der Waals surface area contributed by atoms with Crippen molar-refractivity contribution in [3.05, 3.63) is 33.3 Å². The summed E-state index contributed by atoms with van der Waals surface area (Å²) in [5.74, 6) is 0.519. The lowest BCUT2D eigenvalue weighted by molar-refractivity contribution is -0.138. The van der Waals surface area contributed by atoms with Crippen molar-refractivity contribution in [1.29, 1.82) is 0 Å². The second kappa shape index (κ2) is 7.26. The molecule has 1 rings (SSSR count). The molecule has 1 aromatic rings. The fourth-order valence-electron chi connectivity index (χ4n) is 1.15. The van der Waals surface area contributed by atoms with Crippen LogP contribution < -0.4 is 5.73 Å². The number of carbonyl (C=O) groups is 1. The van der Waals surface area contributed by atoms with Crippen molar-refractivity contribution in [3.8, 4) is 0 Å². The minimum Gasteiger partial charge on any atom is -0.480 e. The zero-order valence-electron chi connectivity index (χ0n) is 9.03. The Labute approximate surface area is 118 Å². The highest BCUT2D eigenvalue weighted by atomic mass is 79.9. The standard InChI is InChI=1S/C11H13BrClNO2S/c12-8-2-1-7(9(13)5-8)6-17-4-3-10(14)11(15)16/h1-2,5,10H,3-4,6,14H2,(H,15,16). The van der Waals surface area contributed by atoms with Gasteiger partial charge in [0.1, 0.15) is 6.04 Å². The molecule has 0 bridgehead atoms. The summed E-state index contributed by atoms with van der Waals surface area (Å²) in [6.45, 7) is 0. The summed E-state index contributed by atoms with van der Waals surface area (Å²) < 4.78 is 0.948. The summed E-state index contributed by atoms with van der Waals surface area (Å²) >= 11 is 11.0. The summed E-state index contributed by atoms with van der Waals surface area (Å²) in [5.41, 5.74) is 6.45. The molecule has 17 heavy (non-hydrogen) atoms. The number of halogens is 2. The number of carboxylic acid groups (broad SMARTS) is 1. The number of thioether (sulfide) groups is 1. The molecule has 1 aromatic carbocycles. The Morgan fingerprint density at radius 1 is 1.59 bits per heavy atom. The van der Waals surface area contributed by atoms with E-state index in [0.29, 0.717) is 12.2 Å². The van der Waals surface area contributed by atoms with E-state index in [0.717, 1.165) is 20.8 Å². The number of hydrogen-bond donors (Lipinski definition) is 2. The van der Waals surface area contributed by atoms with Crippen molar-refractivity contribution in [1.82, 2.24) is 0 Å². The van der Waals surface area contributed by atoms with Crippen molar-refractivity contribution >= 4 is 45.3 Å². The third-order valence-electron chi connectivity index (χ3n) is 2.16. The van der Waals surface area contributed by atoms with Crippen LogP contribution in [0.1, 0.15) is 12.0 Å². The van der Waals surface area contributed by atoms with Crippen molar-refractivity contribution in [2.24, 2.45) is 5.73 Å². The van der Waals surface area contributed by atoms with Crippen LogP contribution >= 0.6 is 39.3 Å². The maximum Gasteiger partial charge on any atom is 0.320 e. The minimum absolute atomic E-state index is 0.466. The molecule has 0 aliphatic rings. The van der Waals surface area contributed by atoms with Crippen molar-refractivity contribution in [3.63, 3.8) is 0 Å². The maximum absolute atomic E-state index is 10.5. The molecule has 0 amide bonds. The minimum atomic E-state index is -0.952. The molecule has 6 heteroatoms. The topological polar surface area (TPSA) is 63.3 Å². The Balaban J connectivity index is 2.34. The normalized spacial score (nSPS) is 12.4. The molecule has 94 valence electrons. The summed E-state index contributed by atoms with van der Waals surface area (Å²) in [7, 11) is 0. The second-order valence-electron chi connectivity index (χ2n) is 3.52. The largest absolute Gasteiger partial charge is 0.480 e. The first-order valence-corrected chi connectivity index (χ1v) is 7.33. The smallest absolute Gasteiger partial charge is 0.320 e. The zero-order valence-corrected chi connectivity index (χ0v) is 12.2. The first kappa shape index (κ1) is 14.8. The summed E-state index contributed by atoms with van der Waals surface area (Å²) in [4.78, 5) is 10.5. The molecule has 0 aliphatic heterocycles. The fraction of sp³-hybridized carbons (Fsp3) is 0.364. The average Bonchev–Trinajstić information content (AvgIpc) is 2.26. The van der Waals surface area contributed by atoms with Gasteiger partial charge in [-0.1, -0.05) is 33.6 Å². The summed E-state index contributed by atoms with van der Waals surface area (Å²) in [5, 5.41) is 9.33. The Morgan fingerprint density at radius 3 is 2.88 bits per heavy atom. The molecule has 0 fully saturated rings. The Morgan fingerprint density at radius 2 is 2.29 bits per heavy atom. The lowest BCUT2D eigenvalue weighted by Crippen LogP contribution is -2.30. The van der Waals surface area contributed by atoms with E-state index < -0.39 is 12.0 Å². The molecule has 1 unspecified atom stereocenters. The van der Waals surface area contributed by atoms with Crippen molar-refractivity contribution in [2.75, 3.05) is 5.75 Å². The predicted octanol–water partition coefficient (Wildman–Crippen LogP) is 3.14. The number of rotatable bonds is 6. The SMILES string of the molecule is NC(CCSCc1ccc(Br)cc1Cl)C(=O)O. The van der Waals surface area contributed by atoms with Gasteiger partial charge in [-0.2, -0.15) is 11.8 Å².